The number of hydrogen-bond acceptors (Lipinski definition) is 3. The third-order valence-corrected chi connectivity index (χ3v) is 12.6. The van der Waals surface area contributed by atoms with E-state index in [4.69, 9.17) is 9.47 Å². The summed E-state index contributed by atoms with van der Waals surface area (Å²) in [5.74, 6) is 2.80. The van der Waals surface area contributed by atoms with Crippen LogP contribution in [-0.2, 0) is 5.41 Å². The highest BCUT2D eigenvalue weighted by Crippen LogP contribution is 2.66. The maximum Gasteiger partial charge on any atom is 0.194 e. The average molecular weight is 755 g/mol. The van der Waals surface area contributed by atoms with Gasteiger partial charge < -0.3 is 18.9 Å². The number of fused-ring (bicyclic) bond motifs is 16. The molecule has 0 N–H and O–H groups in total. The minimum Gasteiger partial charge on any atom is -0.449 e. The first kappa shape index (κ1) is 32.3. The van der Waals surface area contributed by atoms with Crippen molar-refractivity contribution < 1.29 is 9.47 Å². The van der Waals surface area contributed by atoms with E-state index in [0.29, 0.717) is 17.2 Å². The highest BCUT2D eigenvalue weighted by Gasteiger charge is 2.53. The molecule has 0 atom stereocenters. The van der Waals surface area contributed by atoms with Gasteiger partial charge in [0.1, 0.15) is 0 Å². The van der Waals surface area contributed by atoms with E-state index < -0.39 is 5.41 Å². The molecule has 4 nitrogen and oxygen atoms in total. The van der Waals surface area contributed by atoms with E-state index in [2.05, 4.69) is 210 Å². The molecule has 1 spiro atoms. The van der Waals surface area contributed by atoms with E-state index in [-0.39, 0.29) is 0 Å². The normalized spacial score (nSPS) is 13.5. The Morgan fingerprint density at radius 1 is 0.390 bits per heavy atom. The summed E-state index contributed by atoms with van der Waals surface area (Å²) in [6.45, 7) is 0. The van der Waals surface area contributed by atoms with E-state index in [9.17, 15) is 0 Å². The van der Waals surface area contributed by atoms with Crippen LogP contribution in [0.5, 0.6) is 23.0 Å². The molecule has 4 heteroatoms. The van der Waals surface area contributed by atoms with Crippen molar-refractivity contribution >= 4 is 38.9 Å². The van der Waals surface area contributed by atoms with Crippen LogP contribution >= 0.6 is 0 Å². The average Bonchev–Trinajstić information content (AvgIpc) is 3.91. The van der Waals surface area contributed by atoms with Gasteiger partial charge in [-0.3, -0.25) is 0 Å². The first-order valence-electron chi connectivity index (χ1n) is 20.2. The Morgan fingerprint density at radius 2 is 0.983 bits per heavy atom. The molecule has 0 unspecified atom stereocenters. The van der Waals surface area contributed by atoms with Crippen molar-refractivity contribution in [3.05, 3.63) is 229 Å². The second-order valence-corrected chi connectivity index (χ2v) is 15.6. The van der Waals surface area contributed by atoms with Crippen LogP contribution < -0.4 is 14.4 Å². The molecule has 2 aliphatic carbocycles. The van der Waals surface area contributed by atoms with Crippen LogP contribution in [0, 0.1) is 0 Å². The number of anilines is 3. The minimum atomic E-state index is -0.466. The summed E-state index contributed by atoms with van der Waals surface area (Å²) in [6.07, 6.45) is 0. The highest BCUT2D eigenvalue weighted by atomic mass is 16.6. The third kappa shape index (κ3) is 4.32. The number of benzene rings is 9. The van der Waals surface area contributed by atoms with Gasteiger partial charge in [-0.1, -0.05) is 140 Å². The summed E-state index contributed by atoms with van der Waals surface area (Å²) in [6, 6.07) is 73.7. The first-order chi connectivity index (χ1) is 29.3. The van der Waals surface area contributed by atoms with Crippen molar-refractivity contribution in [3.63, 3.8) is 0 Å². The zero-order chi connectivity index (χ0) is 38.7. The standard InChI is InChI=1S/C55H34N2O2/c1-3-16-35(17-4-1)56(37-30-32-48-42(34-37)40-22-10-14-27-47(40)57(48)36-18-5-2-6-19-36)49-28-15-29-50-53(49)58-51-33-31-46-52(54(51)59-50)41-23-9-13-26-45(41)55(46)43-24-11-7-20-38(43)39-21-8-12-25-44(39)55/h1-34H. The smallest absolute Gasteiger partial charge is 0.194 e. The number of hydrogen-bond donors (Lipinski definition) is 0. The van der Waals surface area contributed by atoms with Gasteiger partial charge in [0.25, 0.3) is 0 Å². The molecule has 0 bridgehead atoms. The Kier molecular flexibility index (Phi) is 6.62. The van der Waals surface area contributed by atoms with Crippen molar-refractivity contribution in [2.24, 2.45) is 0 Å². The van der Waals surface area contributed by atoms with Crippen LogP contribution in [0.3, 0.4) is 0 Å². The molecule has 2 heterocycles. The maximum atomic E-state index is 7.14. The lowest BCUT2D eigenvalue weighted by Crippen LogP contribution is -2.25. The number of para-hydroxylation sites is 4. The molecule has 0 amide bonds. The topological polar surface area (TPSA) is 26.6 Å². The Bertz CT molecular complexity index is 3300. The molecule has 0 saturated heterocycles. The predicted octanol–water partition coefficient (Wildman–Crippen LogP) is 14.5. The van der Waals surface area contributed by atoms with Crippen LogP contribution in [0.25, 0.3) is 49.7 Å². The summed E-state index contributed by atoms with van der Waals surface area (Å²) in [7, 11) is 0. The number of ether oxygens (including phenoxy) is 2. The van der Waals surface area contributed by atoms with Gasteiger partial charge in [-0.15, -0.1) is 0 Å². The van der Waals surface area contributed by atoms with Crippen molar-refractivity contribution in [2.45, 2.75) is 5.41 Å². The van der Waals surface area contributed by atoms with Gasteiger partial charge in [-0.05, 0) is 106 Å². The highest BCUT2D eigenvalue weighted by molar-refractivity contribution is 6.11. The molecule has 1 aliphatic heterocycles. The summed E-state index contributed by atoms with van der Waals surface area (Å²) >= 11 is 0. The number of nitrogens with zero attached hydrogens (tertiary/aromatic N) is 2. The molecule has 59 heavy (non-hydrogen) atoms. The molecule has 276 valence electrons. The third-order valence-electron chi connectivity index (χ3n) is 12.6. The molecule has 0 fully saturated rings. The van der Waals surface area contributed by atoms with Crippen LogP contribution in [0.4, 0.5) is 17.1 Å². The van der Waals surface area contributed by atoms with Crippen molar-refractivity contribution in [2.75, 3.05) is 4.90 Å². The quantitative estimate of drug-likeness (QED) is 0.179. The molecular formula is C55H34N2O2. The van der Waals surface area contributed by atoms with Gasteiger partial charge in [-0.25, -0.2) is 0 Å². The summed E-state index contributed by atoms with van der Waals surface area (Å²) in [5.41, 5.74) is 15.8. The van der Waals surface area contributed by atoms with Crippen LogP contribution in [0.15, 0.2) is 206 Å². The molecule has 13 rings (SSSR count). The lowest BCUT2D eigenvalue weighted by atomic mass is 9.70. The van der Waals surface area contributed by atoms with Crippen LogP contribution in [0.1, 0.15) is 22.3 Å². The summed E-state index contributed by atoms with van der Waals surface area (Å²) in [5, 5.41) is 2.37. The second kappa shape index (κ2) is 12.1. The van der Waals surface area contributed by atoms with E-state index in [0.717, 1.165) is 39.6 Å². The molecule has 9 aromatic carbocycles. The van der Waals surface area contributed by atoms with E-state index in [1.165, 1.54) is 55.2 Å². The zero-order valence-corrected chi connectivity index (χ0v) is 31.8. The van der Waals surface area contributed by atoms with Crippen LogP contribution in [0.2, 0.25) is 0 Å². The van der Waals surface area contributed by atoms with Crippen LogP contribution in [-0.4, -0.2) is 4.57 Å². The fourth-order valence-corrected chi connectivity index (χ4v) is 10.4. The Hall–Kier alpha value is -7.82. The lowest BCUT2D eigenvalue weighted by molar-refractivity contribution is 0.361. The number of aromatic nitrogens is 1. The summed E-state index contributed by atoms with van der Waals surface area (Å²) in [4.78, 5) is 2.28. The van der Waals surface area contributed by atoms with Gasteiger partial charge in [0.15, 0.2) is 23.0 Å². The zero-order valence-electron chi connectivity index (χ0n) is 31.8. The Balaban J connectivity index is 0.989. The predicted molar refractivity (Wildman–Crippen MR) is 238 cm³/mol. The molecule has 0 radical (unpaired) electrons. The molecule has 0 saturated carbocycles. The fourth-order valence-electron chi connectivity index (χ4n) is 10.4. The Morgan fingerprint density at radius 3 is 1.75 bits per heavy atom. The number of rotatable bonds is 4. The maximum absolute atomic E-state index is 7.14. The molecule has 3 aliphatic rings. The SMILES string of the molecule is c1ccc(N(c2ccc3c(c2)c2ccccc2n3-c2ccccc2)c2cccc3c2Oc2ccc4c(c2O3)-c2ccccc2C42c3ccccc3-c3ccccc32)cc1. The lowest BCUT2D eigenvalue weighted by Gasteiger charge is -2.32. The van der Waals surface area contributed by atoms with E-state index in [1.54, 1.807) is 0 Å². The van der Waals surface area contributed by atoms with Gasteiger partial charge in [0, 0.05) is 33.4 Å². The first-order valence-corrected chi connectivity index (χ1v) is 20.2. The van der Waals surface area contributed by atoms with Crippen molar-refractivity contribution in [1.82, 2.24) is 4.57 Å². The molecule has 1 aromatic heterocycles. The van der Waals surface area contributed by atoms with Gasteiger partial charge >= 0.3 is 0 Å². The summed E-state index contributed by atoms with van der Waals surface area (Å²) < 4.78 is 16.6. The van der Waals surface area contributed by atoms with Crippen molar-refractivity contribution in [3.8, 4) is 50.9 Å². The van der Waals surface area contributed by atoms with E-state index in [1.807, 2.05) is 6.07 Å². The molecular weight excluding hydrogens is 721 g/mol. The van der Waals surface area contributed by atoms with Gasteiger partial charge in [-0.2, -0.15) is 0 Å². The van der Waals surface area contributed by atoms with E-state index >= 15 is 0 Å². The van der Waals surface area contributed by atoms with Gasteiger partial charge in [0.05, 0.1) is 22.1 Å². The van der Waals surface area contributed by atoms with Gasteiger partial charge in [0.2, 0.25) is 0 Å². The molecule has 10 aromatic rings. The Labute approximate surface area is 341 Å². The monoisotopic (exact) mass is 754 g/mol. The minimum absolute atomic E-state index is 0.466. The largest absolute Gasteiger partial charge is 0.449 e. The van der Waals surface area contributed by atoms with Crippen molar-refractivity contribution in [1.29, 1.82) is 0 Å². The fraction of sp³-hybridized carbons (Fsp3) is 0.0182. The second-order valence-electron chi connectivity index (χ2n) is 15.6.